The summed E-state index contributed by atoms with van der Waals surface area (Å²) in [6, 6.07) is 27.0. The Bertz CT molecular complexity index is 1240. The minimum Gasteiger partial charge on any atom is -0.299 e. The summed E-state index contributed by atoms with van der Waals surface area (Å²) in [7, 11) is 0. The number of ketones is 3. The molecule has 0 N–H and O–H groups in total. The molecule has 30 heavy (non-hydrogen) atoms. The molecule has 0 unspecified atom stereocenters. The highest BCUT2D eigenvalue weighted by atomic mass is 16.1. The van der Waals surface area contributed by atoms with E-state index in [9.17, 15) is 14.4 Å². The molecule has 148 valence electrons. The molecule has 3 nitrogen and oxygen atoms in total. The topological polar surface area (TPSA) is 51.2 Å². The molecule has 0 aliphatic heterocycles. The Kier molecular flexibility index (Phi) is 5.80. The van der Waals surface area contributed by atoms with E-state index in [0.717, 1.165) is 27.1 Å². The van der Waals surface area contributed by atoms with Crippen LogP contribution in [-0.4, -0.2) is 17.3 Å². The number of hydrogen-bond donors (Lipinski definition) is 0. The smallest absolute Gasteiger partial charge is 0.170 e. The zero-order valence-corrected chi connectivity index (χ0v) is 16.6. The quantitative estimate of drug-likeness (QED) is 0.283. The van der Waals surface area contributed by atoms with Gasteiger partial charge in [-0.3, -0.25) is 14.4 Å². The van der Waals surface area contributed by atoms with Gasteiger partial charge in [0.15, 0.2) is 5.78 Å². The summed E-state index contributed by atoms with van der Waals surface area (Å²) in [5, 5.41) is 3.98. The van der Waals surface area contributed by atoms with Crippen molar-refractivity contribution in [2.75, 3.05) is 0 Å². The maximum Gasteiger partial charge on any atom is 0.170 e. The average molecular weight is 394 g/mol. The molecule has 0 atom stereocenters. The van der Waals surface area contributed by atoms with Crippen LogP contribution in [0.4, 0.5) is 0 Å². The van der Waals surface area contributed by atoms with Crippen LogP contribution in [0, 0.1) is 0 Å². The van der Waals surface area contributed by atoms with Crippen LogP contribution in [0.25, 0.3) is 21.5 Å². The van der Waals surface area contributed by atoms with E-state index in [-0.39, 0.29) is 36.6 Å². The fraction of sp³-hybridized carbons (Fsp3) is 0.148. The molecule has 4 aromatic rings. The predicted octanol–water partition coefficient (Wildman–Crippen LogP) is 5.73. The van der Waals surface area contributed by atoms with E-state index in [1.807, 2.05) is 78.9 Å². The Labute approximate surface area is 175 Å². The van der Waals surface area contributed by atoms with E-state index in [2.05, 4.69) is 0 Å². The molecule has 4 rings (SSSR count). The molecule has 0 fully saturated rings. The fourth-order valence-electron chi connectivity index (χ4n) is 3.86. The molecule has 0 amide bonds. The van der Waals surface area contributed by atoms with Crippen LogP contribution in [0.2, 0.25) is 0 Å². The molecule has 0 heterocycles. The highest BCUT2D eigenvalue weighted by Gasteiger charge is 2.16. The minimum atomic E-state index is -0.196. The molecule has 3 heteroatoms. The van der Waals surface area contributed by atoms with E-state index < -0.39 is 0 Å². The standard InChI is InChI=1S/C27H22O3/c28-22(17-21-11-5-9-19-7-1-3-12-24(19)21)15-16-23(29)18-27(30)26-14-6-10-20-8-2-4-13-25(20)26/h1-14H,15-18H2. The van der Waals surface area contributed by atoms with Crippen LogP contribution in [-0.2, 0) is 16.0 Å². The lowest BCUT2D eigenvalue weighted by atomic mass is 9.96. The molecule has 4 aromatic carbocycles. The summed E-state index contributed by atoms with van der Waals surface area (Å²) in [5.74, 6) is -0.380. The van der Waals surface area contributed by atoms with Crippen LogP contribution in [0.15, 0.2) is 84.9 Å². The molecule has 0 aromatic heterocycles. The lowest BCUT2D eigenvalue weighted by Gasteiger charge is -2.07. The van der Waals surface area contributed by atoms with Crippen LogP contribution < -0.4 is 0 Å². The summed E-state index contributed by atoms with van der Waals surface area (Å²) in [5.41, 5.74) is 1.53. The van der Waals surface area contributed by atoms with Gasteiger partial charge in [0.25, 0.3) is 0 Å². The number of Topliss-reactive ketones (excluding diaryl/α,β-unsaturated/α-hetero) is 3. The van der Waals surface area contributed by atoms with Crippen LogP contribution in [0.5, 0.6) is 0 Å². The zero-order valence-electron chi connectivity index (χ0n) is 16.6. The largest absolute Gasteiger partial charge is 0.299 e. The molecule has 0 spiro atoms. The van der Waals surface area contributed by atoms with Crippen molar-refractivity contribution < 1.29 is 14.4 Å². The van der Waals surface area contributed by atoms with Gasteiger partial charge in [-0.1, -0.05) is 84.9 Å². The van der Waals surface area contributed by atoms with Gasteiger partial charge in [-0.05, 0) is 27.1 Å². The Morgan fingerprint density at radius 1 is 0.567 bits per heavy atom. The second-order valence-corrected chi connectivity index (χ2v) is 7.52. The monoisotopic (exact) mass is 394 g/mol. The minimum absolute atomic E-state index is 0.0114. The van der Waals surface area contributed by atoms with Gasteiger partial charge in [-0.15, -0.1) is 0 Å². The van der Waals surface area contributed by atoms with Gasteiger partial charge in [0.05, 0.1) is 6.42 Å². The first-order valence-electron chi connectivity index (χ1n) is 10.1. The van der Waals surface area contributed by atoms with Crippen molar-refractivity contribution in [3.8, 4) is 0 Å². The number of hydrogen-bond acceptors (Lipinski definition) is 3. The SMILES string of the molecule is O=C(CCC(=O)Cc1cccc2ccccc12)CC(=O)c1cccc2ccccc12. The Morgan fingerprint density at radius 2 is 1.13 bits per heavy atom. The van der Waals surface area contributed by atoms with Gasteiger partial charge in [0.1, 0.15) is 11.6 Å². The maximum atomic E-state index is 12.6. The Balaban J connectivity index is 1.36. The van der Waals surface area contributed by atoms with E-state index in [4.69, 9.17) is 0 Å². The van der Waals surface area contributed by atoms with Gasteiger partial charge < -0.3 is 0 Å². The summed E-state index contributed by atoms with van der Waals surface area (Å²) >= 11 is 0. The molecular weight excluding hydrogens is 372 g/mol. The van der Waals surface area contributed by atoms with E-state index >= 15 is 0 Å². The van der Waals surface area contributed by atoms with Gasteiger partial charge in [-0.25, -0.2) is 0 Å². The number of carbonyl (C=O) groups excluding carboxylic acids is 3. The normalized spacial score (nSPS) is 10.9. The van der Waals surface area contributed by atoms with Gasteiger partial charge in [0, 0.05) is 24.8 Å². The van der Waals surface area contributed by atoms with Crippen molar-refractivity contribution in [3.63, 3.8) is 0 Å². The molecule has 0 aliphatic carbocycles. The van der Waals surface area contributed by atoms with Crippen molar-refractivity contribution in [1.82, 2.24) is 0 Å². The molecular formula is C27H22O3. The fourth-order valence-corrected chi connectivity index (χ4v) is 3.86. The predicted molar refractivity (Wildman–Crippen MR) is 120 cm³/mol. The first-order valence-corrected chi connectivity index (χ1v) is 10.1. The number of carbonyl (C=O) groups is 3. The summed E-state index contributed by atoms with van der Waals surface area (Å²) in [6.07, 6.45) is 0.381. The number of fused-ring (bicyclic) bond motifs is 2. The maximum absolute atomic E-state index is 12.6. The molecule has 0 radical (unpaired) electrons. The third-order valence-electron chi connectivity index (χ3n) is 5.40. The van der Waals surface area contributed by atoms with Crippen molar-refractivity contribution in [3.05, 3.63) is 96.1 Å². The average Bonchev–Trinajstić information content (AvgIpc) is 2.77. The summed E-state index contributed by atoms with van der Waals surface area (Å²) in [6.45, 7) is 0. The highest BCUT2D eigenvalue weighted by Crippen LogP contribution is 2.21. The third kappa shape index (κ3) is 4.36. The molecule has 0 saturated carbocycles. The number of benzene rings is 4. The second-order valence-electron chi connectivity index (χ2n) is 7.52. The zero-order chi connectivity index (χ0) is 20.9. The van der Waals surface area contributed by atoms with E-state index in [0.29, 0.717) is 12.0 Å². The highest BCUT2D eigenvalue weighted by molar-refractivity contribution is 6.14. The lowest BCUT2D eigenvalue weighted by molar-refractivity contribution is -0.123. The van der Waals surface area contributed by atoms with Gasteiger partial charge in [-0.2, -0.15) is 0 Å². The van der Waals surface area contributed by atoms with Crippen molar-refractivity contribution >= 4 is 38.9 Å². The Hall–Kier alpha value is -3.59. The lowest BCUT2D eigenvalue weighted by Crippen LogP contribution is -2.11. The van der Waals surface area contributed by atoms with Crippen molar-refractivity contribution in [2.45, 2.75) is 25.7 Å². The molecule has 0 bridgehead atoms. The Morgan fingerprint density at radius 3 is 1.90 bits per heavy atom. The van der Waals surface area contributed by atoms with Gasteiger partial charge in [0.2, 0.25) is 0 Å². The second kappa shape index (κ2) is 8.83. The van der Waals surface area contributed by atoms with Gasteiger partial charge >= 0.3 is 0 Å². The third-order valence-corrected chi connectivity index (χ3v) is 5.40. The van der Waals surface area contributed by atoms with Crippen LogP contribution >= 0.6 is 0 Å². The first kappa shape index (κ1) is 19.7. The van der Waals surface area contributed by atoms with Crippen LogP contribution in [0.1, 0.15) is 35.2 Å². The molecule has 0 aliphatic rings. The van der Waals surface area contributed by atoms with Crippen molar-refractivity contribution in [2.24, 2.45) is 0 Å². The molecule has 0 saturated heterocycles. The van der Waals surface area contributed by atoms with Crippen molar-refractivity contribution in [1.29, 1.82) is 0 Å². The first-order chi connectivity index (χ1) is 14.6. The van der Waals surface area contributed by atoms with E-state index in [1.54, 1.807) is 6.07 Å². The number of rotatable bonds is 8. The summed E-state index contributed by atoms with van der Waals surface area (Å²) in [4.78, 5) is 37.5. The summed E-state index contributed by atoms with van der Waals surface area (Å²) < 4.78 is 0. The van der Waals surface area contributed by atoms with Crippen LogP contribution in [0.3, 0.4) is 0 Å². The van der Waals surface area contributed by atoms with E-state index in [1.165, 1.54) is 0 Å².